The summed E-state index contributed by atoms with van der Waals surface area (Å²) in [6.07, 6.45) is 0.353. The Hall–Kier alpha value is -1.46. The smallest absolute Gasteiger partial charge is 0.243 e. The normalized spacial score (nSPS) is 12.4. The van der Waals surface area contributed by atoms with Crippen LogP contribution in [0.4, 0.5) is 0 Å². The zero-order valence-corrected chi connectivity index (χ0v) is 21.0. The van der Waals surface area contributed by atoms with Crippen molar-refractivity contribution in [2.45, 2.75) is 58.7 Å². The number of halogens is 4. The average Bonchev–Trinajstić information content (AvgIpc) is 2.65. The third-order valence-corrected chi connectivity index (χ3v) is 6.08. The number of hydrogen-bond acceptors (Lipinski definition) is 2. The molecule has 1 unspecified atom stereocenters. The Morgan fingerprint density at radius 1 is 0.903 bits per heavy atom. The minimum Gasteiger partial charge on any atom is -0.350 e. The lowest BCUT2D eigenvalue weighted by molar-refractivity contribution is -0.141. The second-order valence-corrected chi connectivity index (χ2v) is 9.89. The molecule has 0 aromatic heterocycles. The van der Waals surface area contributed by atoms with Crippen molar-refractivity contribution >= 4 is 58.2 Å². The molecule has 31 heavy (non-hydrogen) atoms. The Bertz CT molecular complexity index is 917. The molecular weight excluding hydrogens is 478 g/mol. The first-order chi connectivity index (χ1) is 14.4. The van der Waals surface area contributed by atoms with Gasteiger partial charge in [0.1, 0.15) is 6.04 Å². The van der Waals surface area contributed by atoms with Crippen molar-refractivity contribution in [3.8, 4) is 0 Å². The molecule has 0 saturated carbocycles. The summed E-state index contributed by atoms with van der Waals surface area (Å²) in [7, 11) is 0. The van der Waals surface area contributed by atoms with Crippen LogP contribution in [0.25, 0.3) is 0 Å². The fourth-order valence-corrected chi connectivity index (χ4v) is 4.23. The maximum atomic E-state index is 13.5. The maximum Gasteiger partial charge on any atom is 0.243 e. The average molecular weight is 504 g/mol. The number of nitrogens with zero attached hydrogens (tertiary/aromatic N) is 1. The number of rotatable bonds is 7. The van der Waals surface area contributed by atoms with Gasteiger partial charge in [0, 0.05) is 37.7 Å². The van der Waals surface area contributed by atoms with Gasteiger partial charge >= 0.3 is 0 Å². The van der Waals surface area contributed by atoms with Gasteiger partial charge in [-0.3, -0.25) is 9.59 Å². The highest BCUT2D eigenvalue weighted by molar-refractivity contribution is 6.36. The Kier molecular flexibility index (Phi) is 9.08. The standard InChI is InChI=1S/C23H26Cl4N2O2/c1-5-20(22(31)28-23(2,3)4)29(13-15-18(26)10-7-11-19(15)27)21(30)12-14-16(24)8-6-9-17(14)25/h6-11,20H,5,12-13H2,1-4H3,(H,28,31). The van der Waals surface area contributed by atoms with E-state index in [1.165, 1.54) is 4.90 Å². The monoisotopic (exact) mass is 502 g/mol. The van der Waals surface area contributed by atoms with Crippen molar-refractivity contribution in [2.75, 3.05) is 0 Å². The predicted molar refractivity (Wildman–Crippen MR) is 129 cm³/mol. The fourth-order valence-electron chi connectivity index (χ4n) is 3.18. The largest absolute Gasteiger partial charge is 0.350 e. The van der Waals surface area contributed by atoms with E-state index in [0.717, 1.165) is 0 Å². The zero-order valence-electron chi connectivity index (χ0n) is 17.9. The molecule has 0 aliphatic carbocycles. The van der Waals surface area contributed by atoms with Gasteiger partial charge in [-0.25, -0.2) is 0 Å². The van der Waals surface area contributed by atoms with Crippen LogP contribution in [-0.2, 0) is 22.6 Å². The van der Waals surface area contributed by atoms with Crippen LogP contribution in [0.1, 0.15) is 45.2 Å². The summed E-state index contributed by atoms with van der Waals surface area (Å²) in [5.74, 6) is -0.557. The van der Waals surface area contributed by atoms with E-state index in [1.807, 2.05) is 27.7 Å². The molecule has 2 aromatic rings. The summed E-state index contributed by atoms with van der Waals surface area (Å²) in [5, 5.41) is 4.59. The Balaban J connectivity index is 2.45. The molecule has 168 valence electrons. The number of benzene rings is 2. The zero-order chi connectivity index (χ0) is 23.3. The first kappa shape index (κ1) is 25.8. The van der Waals surface area contributed by atoms with Crippen molar-refractivity contribution in [3.05, 3.63) is 67.6 Å². The molecule has 1 atom stereocenters. The molecule has 0 aliphatic rings. The summed E-state index contributed by atoms with van der Waals surface area (Å²) in [5.41, 5.74) is 0.636. The van der Waals surface area contributed by atoms with Crippen molar-refractivity contribution in [1.82, 2.24) is 10.2 Å². The van der Waals surface area contributed by atoms with Crippen LogP contribution in [0, 0.1) is 0 Å². The summed E-state index contributed by atoms with van der Waals surface area (Å²) in [6, 6.07) is 9.47. The molecule has 0 saturated heterocycles. The highest BCUT2D eigenvalue weighted by Gasteiger charge is 2.32. The van der Waals surface area contributed by atoms with Gasteiger partial charge in [0.15, 0.2) is 0 Å². The fraction of sp³-hybridized carbons (Fsp3) is 0.391. The van der Waals surface area contributed by atoms with Crippen LogP contribution in [-0.4, -0.2) is 28.3 Å². The molecule has 0 spiro atoms. The third-order valence-electron chi connectivity index (χ3n) is 4.66. The number of carbonyl (C=O) groups excluding carboxylic acids is 2. The van der Waals surface area contributed by atoms with Gasteiger partial charge < -0.3 is 10.2 Å². The summed E-state index contributed by atoms with van der Waals surface area (Å²) in [6.45, 7) is 7.59. The Labute approximate surface area is 203 Å². The number of nitrogens with one attached hydrogen (secondary N) is 1. The molecule has 0 bridgehead atoms. The molecule has 8 heteroatoms. The van der Waals surface area contributed by atoms with Gasteiger partial charge in [-0.2, -0.15) is 0 Å². The van der Waals surface area contributed by atoms with Crippen LogP contribution >= 0.6 is 46.4 Å². The molecule has 0 heterocycles. The molecule has 1 N–H and O–H groups in total. The minimum absolute atomic E-state index is 0.0557. The second kappa shape index (κ2) is 10.9. The summed E-state index contributed by atoms with van der Waals surface area (Å²) >= 11 is 25.3. The van der Waals surface area contributed by atoms with Crippen molar-refractivity contribution in [3.63, 3.8) is 0 Å². The Morgan fingerprint density at radius 2 is 1.35 bits per heavy atom. The van der Waals surface area contributed by atoms with Crippen LogP contribution in [0.15, 0.2) is 36.4 Å². The van der Waals surface area contributed by atoms with E-state index in [2.05, 4.69) is 5.32 Å². The summed E-state index contributed by atoms with van der Waals surface area (Å²) < 4.78 is 0. The van der Waals surface area contributed by atoms with E-state index >= 15 is 0 Å². The van der Waals surface area contributed by atoms with Crippen LogP contribution in [0.3, 0.4) is 0 Å². The lowest BCUT2D eigenvalue weighted by atomic mass is 10.0. The molecule has 2 amide bonds. The molecule has 0 fully saturated rings. The molecular formula is C23H26Cl4N2O2. The highest BCUT2D eigenvalue weighted by atomic mass is 35.5. The van der Waals surface area contributed by atoms with E-state index < -0.39 is 11.6 Å². The van der Waals surface area contributed by atoms with E-state index in [9.17, 15) is 9.59 Å². The molecule has 0 radical (unpaired) electrons. The van der Waals surface area contributed by atoms with Crippen molar-refractivity contribution in [2.24, 2.45) is 0 Å². The summed E-state index contributed by atoms with van der Waals surface area (Å²) in [4.78, 5) is 28.0. The number of hydrogen-bond donors (Lipinski definition) is 1. The van der Waals surface area contributed by atoms with Crippen molar-refractivity contribution in [1.29, 1.82) is 0 Å². The van der Waals surface area contributed by atoms with E-state index in [-0.39, 0.29) is 24.8 Å². The van der Waals surface area contributed by atoms with Gasteiger partial charge in [0.25, 0.3) is 0 Å². The van der Waals surface area contributed by atoms with E-state index in [4.69, 9.17) is 46.4 Å². The van der Waals surface area contributed by atoms with Crippen LogP contribution in [0.5, 0.6) is 0 Å². The molecule has 0 aliphatic heterocycles. The second-order valence-electron chi connectivity index (χ2n) is 8.26. The highest BCUT2D eigenvalue weighted by Crippen LogP contribution is 2.29. The van der Waals surface area contributed by atoms with Gasteiger partial charge in [0.2, 0.25) is 11.8 Å². The number of carbonyl (C=O) groups is 2. The molecule has 2 rings (SSSR count). The lowest BCUT2D eigenvalue weighted by Gasteiger charge is -2.33. The SMILES string of the molecule is CCC(C(=O)NC(C)(C)C)N(Cc1c(Cl)cccc1Cl)C(=O)Cc1c(Cl)cccc1Cl. The Morgan fingerprint density at radius 3 is 1.77 bits per heavy atom. The first-order valence-electron chi connectivity index (χ1n) is 9.91. The van der Waals surface area contributed by atoms with E-state index in [1.54, 1.807) is 36.4 Å². The van der Waals surface area contributed by atoms with Crippen LogP contribution < -0.4 is 5.32 Å². The maximum absolute atomic E-state index is 13.5. The van der Waals surface area contributed by atoms with Gasteiger partial charge in [0.05, 0.1) is 6.42 Å². The molecule has 2 aromatic carbocycles. The van der Waals surface area contributed by atoms with E-state index in [0.29, 0.717) is 37.6 Å². The first-order valence-corrected chi connectivity index (χ1v) is 11.4. The third kappa shape index (κ3) is 7.01. The predicted octanol–water partition coefficient (Wildman–Crippen LogP) is 6.56. The van der Waals surface area contributed by atoms with Crippen LogP contribution in [0.2, 0.25) is 20.1 Å². The topological polar surface area (TPSA) is 49.4 Å². The number of amides is 2. The van der Waals surface area contributed by atoms with Crippen molar-refractivity contribution < 1.29 is 9.59 Å². The van der Waals surface area contributed by atoms with Gasteiger partial charge in [-0.1, -0.05) is 65.5 Å². The minimum atomic E-state index is -0.722. The van der Waals surface area contributed by atoms with Gasteiger partial charge in [-0.15, -0.1) is 0 Å². The molecule has 4 nitrogen and oxygen atoms in total. The lowest BCUT2D eigenvalue weighted by Crippen LogP contribution is -2.53. The quantitative estimate of drug-likeness (QED) is 0.464. The van der Waals surface area contributed by atoms with Gasteiger partial charge in [-0.05, 0) is 57.0 Å².